The number of carbonyl (C=O) groups is 1. The number of carboxylic acids is 1. The third-order valence-electron chi connectivity index (χ3n) is 3.35. The Kier molecular flexibility index (Phi) is 3.64. The third kappa shape index (κ3) is 2.76. The van der Waals surface area contributed by atoms with Crippen molar-refractivity contribution in [2.24, 2.45) is 0 Å². The predicted molar refractivity (Wildman–Crippen MR) is 79.8 cm³/mol. The number of nitrogens with zero attached hydrogens (tertiary/aromatic N) is 3. The second-order valence-corrected chi connectivity index (χ2v) is 4.81. The molecule has 0 atom stereocenters. The molecule has 3 aromatic rings. The third-order valence-corrected chi connectivity index (χ3v) is 3.35. The molecule has 0 radical (unpaired) electrons. The smallest absolute Gasteiger partial charge is 0.303 e. The van der Waals surface area contributed by atoms with E-state index < -0.39 is 5.97 Å². The van der Waals surface area contributed by atoms with Crippen molar-refractivity contribution in [3.05, 3.63) is 48.8 Å². The van der Waals surface area contributed by atoms with Crippen LogP contribution in [-0.2, 0) is 11.3 Å². The normalized spacial score (nSPS) is 10.9. The molecule has 0 aliphatic rings. The minimum atomic E-state index is -0.776. The summed E-state index contributed by atoms with van der Waals surface area (Å²) in [7, 11) is 0. The van der Waals surface area contributed by atoms with Gasteiger partial charge in [0.05, 0.1) is 11.0 Å². The topological polar surface area (TPSA) is 68.0 Å². The molecule has 0 spiro atoms. The standard InChI is InChI=1S/C16H15N3O2/c20-15(21)8-4-10-19-14-7-2-1-6-13(14)18-16(19)12-5-3-9-17-11-12/h1-3,5-7,9,11H,4,8,10H2,(H,20,21). The summed E-state index contributed by atoms with van der Waals surface area (Å²) in [5.41, 5.74) is 2.86. The van der Waals surface area contributed by atoms with E-state index in [1.54, 1.807) is 12.4 Å². The van der Waals surface area contributed by atoms with Crippen LogP contribution in [0.1, 0.15) is 12.8 Å². The largest absolute Gasteiger partial charge is 0.481 e. The van der Waals surface area contributed by atoms with Crippen LogP contribution < -0.4 is 0 Å². The van der Waals surface area contributed by atoms with Crippen molar-refractivity contribution in [3.63, 3.8) is 0 Å². The van der Waals surface area contributed by atoms with Crippen LogP contribution in [-0.4, -0.2) is 25.6 Å². The summed E-state index contributed by atoms with van der Waals surface area (Å²) >= 11 is 0. The van der Waals surface area contributed by atoms with Crippen LogP contribution in [0.4, 0.5) is 0 Å². The van der Waals surface area contributed by atoms with Gasteiger partial charge in [-0.25, -0.2) is 4.98 Å². The highest BCUT2D eigenvalue weighted by Crippen LogP contribution is 2.24. The number of imidazole rings is 1. The molecule has 3 rings (SSSR count). The van der Waals surface area contributed by atoms with Crippen LogP contribution in [0.3, 0.4) is 0 Å². The first-order valence-electron chi connectivity index (χ1n) is 6.83. The maximum atomic E-state index is 10.7. The Balaban J connectivity index is 2.04. The second-order valence-electron chi connectivity index (χ2n) is 4.81. The van der Waals surface area contributed by atoms with Gasteiger partial charge < -0.3 is 9.67 Å². The number of aryl methyl sites for hydroxylation is 1. The Hall–Kier alpha value is -2.69. The molecule has 1 N–H and O–H groups in total. The molecule has 0 bridgehead atoms. The molecule has 0 aliphatic carbocycles. The lowest BCUT2D eigenvalue weighted by Gasteiger charge is -2.08. The maximum Gasteiger partial charge on any atom is 0.303 e. The highest BCUT2D eigenvalue weighted by Gasteiger charge is 2.12. The number of carboxylic acid groups (broad SMARTS) is 1. The van der Waals surface area contributed by atoms with Gasteiger partial charge in [0.15, 0.2) is 0 Å². The number of fused-ring (bicyclic) bond motifs is 1. The number of aliphatic carboxylic acids is 1. The fraction of sp³-hybridized carbons (Fsp3) is 0.188. The molecule has 0 saturated carbocycles. The summed E-state index contributed by atoms with van der Waals surface area (Å²) in [5, 5.41) is 8.81. The molecule has 0 unspecified atom stereocenters. The molecule has 0 saturated heterocycles. The number of rotatable bonds is 5. The zero-order valence-electron chi connectivity index (χ0n) is 11.4. The van der Waals surface area contributed by atoms with E-state index in [4.69, 9.17) is 5.11 Å². The molecule has 5 nitrogen and oxygen atoms in total. The van der Waals surface area contributed by atoms with Crippen molar-refractivity contribution in [3.8, 4) is 11.4 Å². The van der Waals surface area contributed by atoms with Crippen molar-refractivity contribution in [2.75, 3.05) is 0 Å². The van der Waals surface area contributed by atoms with Crippen molar-refractivity contribution in [2.45, 2.75) is 19.4 Å². The van der Waals surface area contributed by atoms with Crippen molar-refractivity contribution in [1.29, 1.82) is 0 Å². The molecule has 1 aromatic carbocycles. The number of hydrogen-bond donors (Lipinski definition) is 1. The quantitative estimate of drug-likeness (QED) is 0.780. The SMILES string of the molecule is O=C(O)CCCn1c(-c2cccnc2)nc2ccccc21. The van der Waals surface area contributed by atoms with Gasteiger partial charge in [0.25, 0.3) is 0 Å². The summed E-state index contributed by atoms with van der Waals surface area (Å²) in [4.78, 5) is 19.5. The summed E-state index contributed by atoms with van der Waals surface area (Å²) in [6, 6.07) is 11.7. The monoisotopic (exact) mass is 281 g/mol. The van der Waals surface area contributed by atoms with Crippen LogP contribution in [0, 0.1) is 0 Å². The highest BCUT2D eigenvalue weighted by molar-refractivity contribution is 5.80. The van der Waals surface area contributed by atoms with Gasteiger partial charge in [-0.2, -0.15) is 0 Å². The van der Waals surface area contributed by atoms with Crippen LogP contribution in [0.2, 0.25) is 0 Å². The van der Waals surface area contributed by atoms with E-state index in [1.165, 1.54) is 0 Å². The van der Waals surface area contributed by atoms with Crippen molar-refractivity contribution < 1.29 is 9.90 Å². The average molecular weight is 281 g/mol. The Morgan fingerprint density at radius 1 is 1.19 bits per heavy atom. The average Bonchev–Trinajstić information content (AvgIpc) is 2.87. The van der Waals surface area contributed by atoms with Crippen molar-refractivity contribution >= 4 is 17.0 Å². The maximum absolute atomic E-state index is 10.7. The van der Waals surface area contributed by atoms with E-state index >= 15 is 0 Å². The minimum Gasteiger partial charge on any atom is -0.481 e. The molecule has 21 heavy (non-hydrogen) atoms. The van der Waals surface area contributed by atoms with Gasteiger partial charge >= 0.3 is 5.97 Å². The number of aromatic nitrogens is 3. The predicted octanol–water partition coefficient (Wildman–Crippen LogP) is 2.96. The molecule has 5 heteroatoms. The number of benzene rings is 1. The van der Waals surface area contributed by atoms with Gasteiger partial charge in [0, 0.05) is 30.9 Å². The first-order chi connectivity index (χ1) is 10.3. The first kappa shape index (κ1) is 13.3. The summed E-state index contributed by atoms with van der Waals surface area (Å²) in [6.07, 6.45) is 4.22. The lowest BCUT2D eigenvalue weighted by atomic mass is 10.2. The van der Waals surface area contributed by atoms with Gasteiger partial charge in [-0.05, 0) is 30.7 Å². The number of pyridine rings is 1. The van der Waals surface area contributed by atoms with Crippen LogP contribution in [0.15, 0.2) is 48.8 Å². The molecule has 2 heterocycles. The van der Waals surface area contributed by atoms with E-state index in [0.29, 0.717) is 13.0 Å². The fourth-order valence-electron chi connectivity index (χ4n) is 2.41. The Morgan fingerprint density at radius 2 is 2.05 bits per heavy atom. The molecular formula is C16H15N3O2. The molecule has 2 aromatic heterocycles. The zero-order valence-corrected chi connectivity index (χ0v) is 11.4. The van der Waals surface area contributed by atoms with E-state index in [0.717, 1.165) is 22.4 Å². The van der Waals surface area contributed by atoms with Crippen molar-refractivity contribution in [1.82, 2.24) is 14.5 Å². The van der Waals surface area contributed by atoms with Gasteiger partial charge in [0.2, 0.25) is 0 Å². The molecule has 0 fully saturated rings. The molecule has 106 valence electrons. The number of hydrogen-bond acceptors (Lipinski definition) is 3. The Bertz CT molecular complexity index is 766. The first-order valence-corrected chi connectivity index (χ1v) is 6.83. The van der Waals surface area contributed by atoms with E-state index in [2.05, 4.69) is 14.5 Å². The van der Waals surface area contributed by atoms with Gasteiger partial charge in [-0.15, -0.1) is 0 Å². The molecular weight excluding hydrogens is 266 g/mol. The molecule has 0 amide bonds. The summed E-state index contributed by atoms with van der Waals surface area (Å²) in [5.74, 6) is 0.0528. The highest BCUT2D eigenvalue weighted by atomic mass is 16.4. The van der Waals surface area contributed by atoms with Crippen LogP contribution >= 0.6 is 0 Å². The van der Waals surface area contributed by atoms with E-state index in [1.807, 2.05) is 36.4 Å². The Labute approximate surface area is 121 Å². The lowest BCUT2D eigenvalue weighted by Crippen LogP contribution is -2.04. The van der Waals surface area contributed by atoms with Gasteiger partial charge in [-0.1, -0.05) is 12.1 Å². The molecule has 0 aliphatic heterocycles. The van der Waals surface area contributed by atoms with E-state index in [-0.39, 0.29) is 6.42 Å². The van der Waals surface area contributed by atoms with Gasteiger partial charge in [0.1, 0.15) is 5.82 Å². The zero-order chi connectivity index (χ0) is 14.7. The fourth-order valence-corrected chi connectivity index (χ4v) is 2.41. The van der Waals surface area contributed by atoms with Crippen LogP contribution in [0.5, 0.6) is 0 Å². The van der Waals surface area contributed by atoms with Gasteiger partial charge in [-0.3, -0.25) is 9.78 Å². The Morgan fingerprint density at radius 3 is 2.81 bits per heavy atom. The van der Waals surface area contributed by atoms with Crippen LogP contribution in [0.25, 0.3) is 22.4 Å². The summed E-state index contributed by atoms with van der Waals surface area (Å²) in [6.45, 7) is 0.622. The number of para-hydroxylation sites is 2. The second kappa shape index (κ2) is 5.75. The summed E-state index contributed by atoms with van der Waals surface area (Å²) < 4.78 is 2.06. The lowest BCUT2D eigenvalue weighted by molar-refractivity contribution is -0.137. The minimum absolute atomic E-state index is 0.152. The van der Waals surface area contributed by atoms with E-state index in [9.17, 15) is 4.79 Å².